The second kappa shape index (κ2) is 15.3. The summed E-state index contributed by atoms with van der Waals surface area (Å²) >= 11 is 0. The van der Waals surface area contributed by atoms with E-state index < -0.39 is 12.0 Å². The standard InChI is InChI=1S/C28H37N3O4.ClH/c1-3-4-5-9-26(32)31-25(28(34)35-2)18-20-10-12-24(13-11-20)30-27(33)23-8-6-7-22(19-23)21-14-16-29-17-15-21;/h6-8,10-13,19,21,25,29H,3-5,9,14-18H2,1-2H3,(H,30,33)(H,31,32);1H. The zero-order chi connectivity index (χ0) is 25.0. The Morgan fingerprint density at radius 1 is 1.06 bits per heavy atom. The van der Waals surface area contributed by atoms with Crippen LogP contribution in [0, 0.1) is 0 Å². The van der Waals surface area contributed by atoms with Crippen LogP contribution in [0.5, 0.6) is 0 Å². The van der Waals surface area contributed by atoms with Crippen LogP contribution in [-0.4, -0.2) is 44.0 Å². The van der Waals surface area contributed by atoms with Crippen LogP contribution in [-0.2, 0) is 20.7 Å². The number of piperidine rings is 1. The molecule has 2 aromatic rings. The zero-order valence-corrected chi connectivity index (χ0v) is 22.0. The number of nitrogens with one attached hydrogen (secondary N) is 3. The predicted octanol–water partition coefficient (Wildman–Crippen LogP) is 4.61. The lowest BCUT2D eigenvalue weighted by Crippen LogP contribution is -2.43. The Bertz CT molecular complexity index is 991. The van der Waals surface area contributed by atoms with Gasteiger partial charge in [0.2, 0.25) is 5.91 Å². The first kappa shape index (κ1) is 29.3. The van der Waals surface area contributed by atoms with Crippen molar-refractivity contribution in [3.8, 4) is 0 Å². The molecule has 1 saturated heterocycles. The molecule has 2 amide bonds. The molecule has 196 valence electrons. The number of halogens is 1. The van der Waals surface area contributed by atoms with E-state index in [4.69, 9.17) is 4.74 Å². The molecule has 3 N–H and O–H groups in total. The number of hydrogen-bond acceptors (Lipinski definition) is 5. The van der Waals surface area contributed by atoms with Gasteiger partial charge in [-0.2, -0.15) is 0 Å². The summed E-state index contributed by atoms with van der Waals surface area (Å²) in [6.45, 7) is 4.09. The predicted molar refractivity (Wildman–Crippen MR) is 145 cm³/mol. The molecule has 8 heteroatoms. The van der Waals surface area contributed by atoms with Crippen LogP contribution in [0.15, 0.2) is 48.5 Å². The highest BCUT2D eigenvalue weighted by Gasteiger charge is 2.22. The lowest BCUT2D eigenvalue weighted by molar-refractivity contribution is -0.145. The van der Waals surface area contributed by atoms with Crippen molar-refractivity contribution in [2.24, 2.45) is 0 Å². The van der Waals surface area contributed by atoms with Crippen molar-refractivity contribution in [3.63, 3.8) is 0 Å². The van der Waals surface area contributed by atoms with Gasteiger partial charge in [-0.15, -0.1) is 12.4 Å². The molecule has 0 saturated carbocycles. The Morgan fingerprint density at radius 3 is 2.44 bits per heavy atom. The highest BCUT2D eigenvalue weighted by atomic mass is 35.5. The molecule has 0 aromatic heterocycles. The fraction of sp³-hybridized carbons (Fsp3) is 0.464. The number of methoxy groups -OCH3 is 1. The number of esters is 1. The molecule has 7 nitrogen and oxygen atoms in total. The van der Waals surface area contributed by atoms with E-state index in [0.29, 0.717) is 30.0 Å². The highest BCUT2D eigenvalue weighted by Crippen LogP contribution is 2.26. The average Bonchev–Trinajstić information content (AvgIpc) is 2.89. The normalized spacial score (nSPS) is 14.3. The molecule has 3 rings (SSSR count). The van der Waals surface area contributed by atoms with Gasteiger partial charge in [-0.3, -0.25) is 9.59 Å². The smallest absolute Gasteiger partial charge is 0.328 e. The number of carbonyl (C=O) groups is 3. The molecule has 0 radical (unpaired) electrons. The third-order valence-electron chi connectivity index (χ3n) is 6.44. The molecule has 1 heterocycles. The van der Waals surface area contributed by atoms with Crippen LogP contribution >= 0.6 is 12.4 Å². The van der Waals surface area contributed by atoms with E-state index in [0.717, 1.165) is 50.8 Å². The minimum Gasteiger partial charge on any atom is -0.467 e. The number of amides is 2. The van der Waals surface area contributed by atoms with E-state index >= 15 is 0 Å². The number of carbonyl (C=O) groups excluding carboxylic acids is 3. The van der Waals surface area contributed by atoms with E-state index in [1.54, 1.807) is 12.1 Å². The summed E-state index contributed by atoms with van der Waals surface area (Å²) in [4.78, 5) is 37.2. The van der Waals surface area contributed by atoms with Crippen molar-refractivity contribution in [1.29, 1.82) is 0 Å². The second-order valence-corrected chi connectivity index (χ2v) is 9.11. The van der Waals surface area contributed by atoms with Crippen LogP contribution in [0.1, 0.15) is 72.9 Å². The summed E-state index contributed by atoms with van der Waals surface area (Å²) in [5.41, 5.74) is 3.38. The van der Waals surface area contributed by atoms with Gasteiger partial charge in [0.05, 0.1) is 7.11 Å². The largest absolute Gasteiger partial charge is 0.467 e. The van der Waals surface area contributed by atoms with E-state index in [9.17, 15) is 14.4 Å². The summed E-state index contributed by atoms with van der Waals surface area (Å²) in [5.74, 6) is -0.289. The van der Waals surface area contributed by atoms with Crippen LogP contribution in [0.4, 0.5) is 5.69 Å². The number of rotatable bonds is 11. The molecule has 0 bridgehead atoms. The molecule has 36 heavy (non-hydrogen) atoms. The maximum atomic E-state index is 12.8. The van der Waals surface area contributed by atoms with Gasteiger partial charge in [0, 0.05) is 24.1 Å². The van der Waals surface area contributed by atoms with Crippen molar-refractivity contribution in [2.45, 2.75) is 63.8 Å². The minimum atomic E-state index is -0.743. The second-order valence-electron chi connectivity index (χ2n) is 9.11. The molecule has 1 aliphatic rings. The topological polar surface area (TPSA) is 96.5 Å². The van der Waals surface area contributed by atoms with Gasteiger partial charge in [0.25, 0.3) is 5.91 Å². The maximum absolute atomic E-state index is 12.8. The summed E-state index contributed by atoms with van der Waals surface area (Å²) in [6, 6.07) is 14.4. The zero-order valence-electron chi connectivity index (χ0n) is 21.2. The molecular formula is C28H38ClN3O4. The van der Waals surface area contributed by atoms with Crippen LogP contribution in [0.2, 0.25) is 0 Å². The monoisotopic (exact) mass is 515 g/mol. The molecule has 1 unspecified atom stereocenters. The van der Waals surface area contributed by atoms with E-state index in [2.05, 4.69) is 28.9 Å². The van der Waals surface area contributed by atoms with Gasteiger partial charge in [-0.1, -0.05) is 44.0 Å². The SMILES string of the molecule is CCCCCC(=O)NC(Cc1ccc(NC(=O)c2cccc(C3CCNCC3)c2)cc1)C(=O)OC.Cl. The highest BCUT2D eigenvalue weighted by molar-refractivity contribution is 6.04. The minimum absolute atomic E-state index is 0. The van der Waals surface area contributed by atoms with Gasteiger partial charge in [-0.25, -0.2) is 4.79 Å². The summed E-state index contributed by atoms with van der Waals surface area (Å²) < 4.78 is 4.88. The number of hydrogen-bond donors (Lipinski definition) is 3. The van der Waals surface area contributed by atoms with Gasteiger partial charge >= 0.3 is 5.97 Å². The molecule has 2 aromatic carbocycles. The van der Waals surface area contributed by atoms with Gasteiger partial charge in [-0.05, 0) is 73.7 Å². The lowest BCUT2D eigenvalue weighted by Gasteiger charge is -2.23. The first-order chi connectivity index (χ1) is 17.0. The van der Waals surface area contributed by atoms with Crippen molar-refractivity contribution in [3.05, 3.63) is 65.2 Å². The Balaban J connectivity index is 0.00000456. The molecule has 1 atom stereocenters. The van der Waals surface area contributed by atoms with Crippen molar-refractivity contribution in [1.82, 2.24) is 10.6 Å². The van der Waals surface area contributed by atoms with Crippen LogP contribution in [0.3, 0.4) is 0 Å². The fourth-order valence-corrected chi connectivity index (χ4v) is 4.39. The van der Waals surface area contributed by atoms with E-state index in [-0.39, 0.29) is 24.2 Å². The fourth-order valence-electron chi connectivity index (χ4n) is 4.39. The maximum Gasteiger partial charge on any atom is 0.328 e. The van der Waals surface area contributed by atoms with Crippen molar-refractivity contribution < 1.29 is 19.1 Å². The van der Waals surface area contributed by atoms with E-state index in [1.165, 1.54) is 12.7 Å². The van der Waals surface area contributed by atoms with Crippen molar-refractivity contribution >= 4 is 35.9 Å². The van der Waals surface area contributed by atoms with Gasteiger partial charge in [0.15, 0.2) is 0 Å². The Labute approximate surface area is 220 Å². The van der Waals surface area contributed by atoms with Gasteiger partial charge in [0.1, 0.15) is 6.04 Å². The van der Waals surface area contributed by atoms with Crippen LogP contribution < -0.4 is 16.0 Å². The number of anilines is 1. The number of unbranched alkanes of at least 4 members (excludes halogenated alkanes) is 2. The third kappa shape index (κ3) is 8.95. The van der Waals surface area contributed by atoms with Crippen molar-refractivity contribution in [2.75, 3.05) is 25.5 Å². The lowest BCUT2D eigenvalue weighted by atomic mass is 9.89. The third-order valence-corrected chi connectivity index (χ3v) is 6.44. The number of benzene rings is 2. The Kier molecular flexibility index (Phi) is 12.4. The molecular weight excluding hydrogens is 478 g/mol. The first-order valence-corrected chi connectivity index (χ1v) is 12.6. The summed E-state index contributed by atoms with van der Waals surface area (Å²) in [5, 5.41) is 9.11. The first-order valence-electron chi connectivity index (χ1n) is 12.6. The summed E-state index contributed by atoms with van der Waals surface area (Å²) in [7, 11) is 1.32. The molecule has 1 fully saturated rings. The van der Waals surface area contributed by atoms with Gasteiger partial charge < -0.3 is 20.7 Å². The number of ether oxygens (including phenoxy) is 1. The van der Waals surface area contributed by atoms with E-state index in [1.807, 2.05) is 30.3 Å². The average molecular weight is 516 g/mol. The molecule has 1 aliphatic heterocycles. The quantitative estimate of drug-likeness (QED) is 0.300. The molecule has 0 aliphatic carbocycles. The molecule has 0 spiro atoms. The summed E-state index contributed by atoms with van der Waals surface area (Å²) in [6.07, 6.45) is 5.68. The van der Waals surface area contributed by atoms with Crippen LogP contribution in [0.25, 0.3) is 0 Å². The Hall–Kier alpha value is -2.90. The Morgan fingerprint density at radius 2 is 1.78 bits per heavy atom.